The van der Waals surface area contributed by atoms with Gasteiger partial charge in [-0.05, 0) is 31.1 Å². The minimum Gasteiger partial charge on any atom is -0.364 e. The molecule has 4 heteroatoms. The number of carbonyl (C=O) groups excluding carboxylic acids is 1. The van der Waals surface area contributed by atoms with Crippen molar-refractivity contribution in [3.05, 3.63) is 0 Å². The van der Waals surface area contributed by atoms with Crippen LogP contribution in [0.5, 0.6) is 0 Å². The Morgan fingerprint density at radius 3 is 2.65 bits per heavy atom. The number of ether oxygens (including phenoxy) is 1. The fraction of sp³-hybridized carbons (Fsp3) is 0.923. The fourth-order valence-corrected chi connectivity index (χ4v) is 2.73. The van der Waals surface area contributed by atoms with E-state index in [2.05, 4.69) is 13.8 Å². The number of hydrogen-bond acceptors (Lipinski definition) is 3. The molecule has 0 radical (unpaired) electrons. The van der Waals surface area contributed by atoms with E-state index in [4.69, 9.17) is 10.5 Å². The van der Waals surface area contributed by atoms with E-state index in [1.807, 2.05) is 4.90 Å². The topological polar surface area (TPSA) is 55.6 Å². The van der Waals surface area contributed by atoms with Gasteiger partial charge in [0.25, 0.3) is 5.91 Å². The third kappa shape index (κ3) is 2.80. The predicted octanol–water partition coefficient (Wildman–Crippen LogP) is 0.997. The summed E-state index contributed by atoms with van der Waals surface area (Å²) in [6.07, 6.45) is 2.72. The number of rotatable bonds is 2. The van der Waals surface area contributed by atoms with Crippen LogP contribution >= 0.6 is 0 Å². The van der Waals surface area contributed by atoms with Crippen molar-refractivity contribution < 1.29 is 9.53 Å². The molecule has 2 aliphatic rings. The highest BCUT2D eigenvalue weighted by atomic mass is 16.5. The third-order valence-corrected chi connectivity index (χ3v) is 4.29. The molecule has 17 heavy (non-hydrogen) atoms. The molecule has 2 heterocycles. The Kier molecular flexibility index (Phi) is 4.05. The lowest BCUT2D eigenvalue weighted by molar-refractivity contribution is -0.145. The number of nitrogens with zero attached hydrogens (tertiary/aromatic N) is 1. The van der Waals surface area contributed by atoms with Gasteiger partial charge in [-0.15, -0.1) is 0 Å². The number of carbonyl (C=O) groups is 1. The van der Waals surface area contributed by atoms with E-state index >= 15 is 0 Å². The molecule has 2 aliphatic heterocycles. The molecule has 0 aliphatic carbocycles. The number of amides is 1. The smallest absolute Gasteiger partial charge is 0.251 e. The molecule has 0 aromatic heterocycles. The van der Waals surface area contributed by atoms with Crippen LogP contribution in [0.3, 0.4) is 0 Å². The van der Waals surface area contributed by atoms with Crippen LogP contribution in [0.25, 0.3) is 0 Å². The quantitative estimate of drug-likeness (QED) is 0.783. The van der Waals surface area contributed by atoms with Crippen LogP contribution in [-0.4, -0.2) is 42.6 Å². The van der Waals surface area contributed by atoms with Crippen molar-refractivity contribution in [2.75, 3.05) is 19.6 Å². The van der Waals surface area contributed by atoms with Gasteiger partial charge >= 0.3 is 0 Å². The van der Waals surface area contributed by atoms with Crippen molar-refractivity contribution in [2.45, 2.75) is 45.3 Å². The van der Waals surface area contributed by atoms with Gasteiger partial charge in [-0.3, -0.25) is 4.79 Å². The van der Waals surface area contributed by atoms with E-state index in [1.54, 1.807) is 0 Å². The molecule has 0 aromatic rings. The van der Waals surface area contributed by atoms with E-state index in [-0.39, 0.29) is 18.1 Å². The zero-order valence-corrected chi connectivity index (χ0v) is 10.9. The van der Waals surface area contributed by atoms with Crippen LogP contribution < -0.4 is 5.73 Å². The maximum absolute atomic E-state index is 12.3. The Bertz CT molecular complexity index is 283. The van der Waals surface area contributed by atoms with E-state index in [1.165, 1.54) is 0 Å². The van der Waals surface area contributed by atoms with Crippen LogP contribution in [0.2, 0.25) is 0 Å². The second-order valence-corrected chi connectivity index (χ2v) is 5.59. The summed E-state index contributed by atoms with van der Waals surface area (Å²) < 4.78 is 5.67. The standard InChI is InChI=1S/C13H24N2O2/c1-9-5-6-15(8-10(9)2)13(16)12-4-3-11(7-14)17-12/h9-12H,3-8,14H2,1-2H3. The summed E-state index contributed by atoms with van der Waals surface area (Å²) in [4.78, 5) is 14.3. The second-order valence-electron chi connectivity index (χ2n) is 5.59. The lowest BCUT2D eigenvalue weighted by Crippen LogP contribution is -2.46. The molecule has 4 unspecified atom stereocenters. The van der Waals surface area contributed by atoms with Gasteiger partial charge in [-0.1, -0.05) is 13.8 Å². The first-order valence-electron chi connectivity index (χ1n) is 6.76. The highest BCUT2D eigenvalue weighted by Crippen LogP contribution is 2.26. The first-order chi connectivity index (χ1) is 8.11. The monoisotopic (exact) mass is 240 g/mol. The van der Waals surface area contributed by atoms with Gasteiger partial charge in [-0.25, -0.2) is 0 Å². The normalized spacial score (nSPS) is 38.4. The van der Waals surface area contributed by atoms with Crippen LogP contribution in [0, 0.1) is 11.8 Å². The van der Waals surface area contributed by atoms with Crippen molar-refractivity contribution in [2.24, 2.45) is 17.6 Å². The van der Waals surface area contributed by atoms with Crippen LogP contribution in [0.4, 0.5) is 0 Å². The zero-order chi connectivity index (χ0) is 12.4. The predicted molar refractivity (Wildman–Crippen MR) is 66.5 cm³/mol. The Morgan fingerprint density at radius 1 is 1.29 bits per heavy atom. The minimum absolute atomic E-state index is 0.0880. The summed E-state index contributed by atoms with van der Waals surface area (Å²) in [6.45, 7) is 6.78. The molecule has 2 saturated heterocycles. The molecule has 0 bridgehead atoms. The molecular formula is C13H24N2O2. The Hall–Kier alpha value is -0.610. The van der Waals surface area contributed by atoms with Gasteiger partial charge in [-0.2, -0.15) is 0 Å². The summed E-state index contributed by atoms with van der Waals surface area (Å²) in [5, 5.41) is 0. The van der Waals surface area contributed by atoms with Crippen LogP contribution in [-0.2, 0) is 9.53 Å². The molecular weight excluding hydrogens is 216 g/mol. The van der Waals surface area contributed by atoms with E-state index < -0.39 is 0 Å². The summed E-state index contributed by atoms with van der Waals surface area (Å²) in [5.41, 5.74) is 5.56. The van der Waals surface area contributed by atoms with Crippen molar-refractivity contribution in [1.82, 2.24) is 4.90 Å². The van der Waals surface area contributed by atoms with Crippen molar-refractivity contribution >= 4 is 5.91 Å². The molecule has 0 saturated carbocycles. The average molecular weight is 240 g/mol. The first kappa shape index (κ1) is 12.8. The van der Waals surface area contributed by atoms with Gasteiger partial charge in [0.1, 0.15) is 6.10 Å². The maximum atomic E-state index is 12.3. The van der Waals surface area contributed by atoms with Gasteiger partial charge in [0.05, 0.1) is 6.10 Å². The molecule has 4 nitrogen and oxygen atoms in total. The Morgan fingerprint density at radius 2 is 2.06 bits per heavy atom. The number of nitrogens with two attached hydrogens (primary N) is 1. The first-order valence-corrected chi connectivity index (χ1v) is 6.76. The van der Waals surface area contributed by atoms with Gasteiger partial charge in [0.15, 0.2) is 0 Å². The molecule has 0 spiro atoms. The molecule has 2 N–H and O–H groups in total. The summed E-state index contributed by atoms with van der Waals surface area (Å²) >= 11 is 0. The van der Waals surface area contributed by atoms with E-state index in [0.29, 0.717) is 12.5 Å². The van der Waals surface area contributed by atoms with Crippen molar-refractivity contribution in [1.29, 1.82) is 0 Å². The molecule has 98 valence electrons. The average Bonchev–Trinajstić information content (AvgIpc) is 2.80. The minimum atomic E-state index is -0.232. The van der Waals surface area contributed by atoms with E-state index in [0.717, 1.165) is 38.3 Å². The fourth-order valence-electron chi connectivity index (χ4n) is 2.73. The summed E-state index contributed by atoms with van der Waals surface area (Å²) in [6, 6.07) is 0. The number of likely N-dealkylation sites (tertiary alicyclic amines) is 1. The highest BCUT2D eigenvalue weighted by Gasteiger charge is 2.35. The van der Waals surface area contributed by atoms with Gasteiger partial charge in [0.2, 0.25) is 0 Å². The third-order valence-electron chi connectivity index (χ3n) is 4.29. The van der Waals surface area contributed by atoms with Gasteiger partial charge < -0.3 is 15.4 Å². The van der Waals surface area contributed by atoms with Crippen molar-refractivity contribution in [3.8, 4) is 0 Å². The van der Waals surface area contributed by atoms with Gasteiger partial charge in [0, 0.05) is 19.6 Å². The second kappa shape index (κ2) is 5.36. The van der Waals surface area contributed by atoms with Crippen LogP contribution in [0.15, 0.2) is 0 Å². The highest BCUT2D eigenvalue weighted by molar-refractivity contribution is 5.81. The zero-order valence-electron chi connectivity index (χ0n) is 10.9. The summed E-state index contributed by atoms with van der Waals surface area (Å²) in [7, 11) is 0. The number of piperidine rings is 1. The molecule has 4 atom stereocenters. The Balaban J connectivity index is 1.88. The molecule has 0 aromatic carbocycles. The molecule has 2 fully saturated rings. The summed E-state index contributed by atoms with van der Waals surface area (Å²) in [5.74, 6) is 1.50. The largest absolute Gasteiger partial charge is 0.364 e. The van der Waals surface area contributed by atoms with E-state index in [9.17, 15) is 4.79 Å². The van der Waals surface area contributed by atoms with Crippen LogP contribution in [0.1, 0.15) is 33.1 Å². The lowest BCUT2D eigenvalue weighted by Gasteiger charge is -2.36. The number of hydrogen-bond donors (Lipinski definition) is 1. The molecule has 2 rings (SSSR count). The lowest BCUT2D eigenvalue weighted by atomic mass is 9.88. The van der Waals surface area contributed by atoms with Crippen molar-refractivity contribution in [3.63, 3.8) is 0 Å². The molecule has 1 amide bonds. The SMILES string of the molecule is CC1CCN(C(=O)C2CCC(CN)O2)CC1C. The maximum Gasteiger partial charge on any atom is 0.251 e. The Labute approximate surface area is 103 Å².